The van der Waals surface area contributed by atoms with Crippen LogP contribution in [0.5, 0.6) is 0 Å². The highest BCUT2D eigenvalue weighted by Gasteiger charge is 2.36. The maximum absolute atomic E-state index is 12.6. The normalized spacial score (nSPS) is 16.3. The molecule has 2 amide bonds. The summed E-state index contributed by atoms with van der Waals surface area (Å²) in [5.41, 5.74) is 1.26. The number of rotatable bonds is 6. The van der Waals surface area contributed by atoms with Gasteiger partial charge in [-0.3, -0.25) is 9.59 Å². The number of carbonyl (C=O) groups is 3. The number of carbonyl (C=O) groups excluding carboxylic acids is 3. The SMILES string of the molecule is COC(=O)[C@H](Cc1ccccc1)NC(=O)c1ccc(N2C(=O)CCS2(=O)=O)cc1. The van der Waals surface area contributed by atoms with Crippen molar-refractivity contribution in [3.8, 4) is 0 Å². The summed E-state index contributed by atoms with van der Waals surface area (Å²) in [6.45, 7) is 0. The van der Waals surface area contributed by atoms with E-state index in [1.165, 1.54) is 31.4 Å². The first-order valence-electron chi connectivity index (χ1n) is 8.90. The Balaban J connectivity index is 1.75. The number of benzene rings is 2. The molecule has 29 heavy (non-hydrogen) atoms. The minimum absolute atomic E-state index is 0.0646. The molecule has 9 heteroatoms. The van der Waals surface area contributed by atoms with E-state index in [0.717, 1.165) is 9.87 Å². The number of anilines is 1. The molecule has 0 saturated carbocycles. The van der Waals surface area contributed by atoms with Crippen molar-refractivity contribution in [1.29, 1.82) is 0 Å². The zero-order valence-corrected chi connectivity index (χ0v) is 16.5. The van der Waals surface area contributed by atoms with E-state index >= 15 is 0 Å². The zero-order chi connectivity index (χ0) is 21.0. The number of methoxy groups -OCH3 is 1. The summed E-state index contributed by atoms with van der Waals surface area (Å²) in [5.74, 6) is -1.82. The van der Waals surface area contributed by atoms with E-state index in [2.05, 4.69) is 5.32 Å². The number of sulfonamides is 1. The largest absolute Gasteiger partial charge is 0.467 e. The molecule has 1 fully saturated rings. The average molecular weight is 416 g/mol. The third kappa shape index (κ3) is 4.62. The lowest BCUT2D eigenvalue weighted by Crippen LogP contribution is -2.43. The number of amides is 2. The summed E-state index contributed by atoms with van der Waals surface area (Å²) < 4.78 is 29.5. The molecule has 1 aliphatic heterocycles. The van der Waals surface area contributed by atoms with Gasteiger partial charge in [0, 0.05) is 18.4 Å². The highest BCUT2D eigenvalue weighted by Crippen LogP contribution is 2.25. The van der Waals surface area contributed by atoms with Crippen molar-refractivity contribution < 1.29 is 27.5 Å². The summed E-state index contributed by atoms with van der Waals surface area (Å²) in [5, 5.41) is 2.63. The highest BCUT2D eigenvalue weighted by molar-refractivity contribution is 7.94. The molecule has 1 saturated heterocycles. The fraction of sp³-hybridized carbons (Fsp3) is 0.250. The van der Waals surface area contributed by atoms with Gasteiger partial charge in [-0.2, -0.15) is 0 Å². The number of nitrogens with zero attached hydrogens (tertiary/aromatic N) is 1. The van der Waals surface area contributed by atoms with E-state index in [1.54, 1.807) is 0 Å². The molecule has 152 valence electrons. The second-order valence-corrected chi connectivity index (χ2v) is 8.45. The summed E-state index contributed by atoms with van der Waals surface area (Å²) in [6.07, 6.45) is 0.197. The fourth-order valence-corrected chi connectivity index (χ4v) is 4.50. The Morgan fingerprint density at radius 1 is 1.10 bits per heavy atom. The molecule has 1 atom stereocenters. The Labute approximate surface area is 168 Å². The predicted octanol–water partition coefficient (Wildman–Crippen LogP) is 1.27. The van der Waals surface area contributed by atoms with E-state index in [9.17, 15) is 22.8 Å². The van der Waals surface area contributed by atoms with Crippen LogP contribution in [0.25, 0.3) is 0 Å². The number of hydrogen-bond acceptors (Lipinski definition) is 6. The third-order valence-corrected chi connectivity index (χ3v) is 6.21. The minimum atomic E-state index is -3.67. The van der Waals surface area contributed by atoms with Crippen molar-refractivity contribution in [3.63, 3.8) is 0 Å². The minimum Gasteiger partial charge on any atom is -0.467 e. The van der Waals surface area contributed by atoms with Crippen molar-refractivity contribution in [2.45, 2.75) is 18.9 Å². The van der Waals surface area contributed by atoms with Gasteiger partial charge in [0.2, 0.25) is 15.9 Å². The average Bonchev–Trinajstić information content (AvgIpc) is 3.00. The monoisotopic (exact) mass is 416 g/mol. The molecule has 0 bridgehead atoms. The smallest absolute Gasteiger partial charge is 0.328 e. The zero-order valence-electron chi connectivity index (χ0n) is 15.7. The van der Waals surface area contributed by atoms with Crippen LogP contribution < -0.4 is 9.62 Å². The van der Waals surface area contributed by atoms with Crippen LogP contribution in [-0.4, -0.2) is 45.1 Å². The molecule has 0 radical (unpaired) electrons. The van der Waals surface area contributed by atoms with E-state index in [4.69, 9.17) is 4.74 Å². The van der Waals surface area contributed by atoms with Crippen molar-refractivity contribution in [2.75, 3.05) is 17.2 Å². The number of ether oxygens (including phenoxy) is 1. The Kier molecular flexibility index (Phi) is 5.97. The van der Waals surface area contributed by atoms with Crippen LogP contribution in [0.3, 0.4) is 0 Å². The summed E-state index contributed by atoms with van der Waals surface area (Å²) in [4.78, 5) is 36.5. The Morgan fingerprint density at radius 3 is 2.31 bits per heavy atom. The molecular weight excluding hydrogens is 396 g/mol. The second-order valence-electron chi connectivity index (χ2n) is 6.51. The molecule has 0 unspecified atom stereocenters. The Bertz CT molecular complexity index is 1020. The van der Waals surface area contributed by atoms with Crippen molar-refractivity contribution in [1.82, 2.24) is 5.32 Å². The molecule has 1 heterocycles. The molecule has 2 aromatic carbocycles. The van der Waals surface area contributed by atoms with Crippen molar-refractivity contribution >= 4 is 33.5 Å². The van der Waals surface area contributed by atoms with Gasteiger partial charge in [0.05, 0.1) is 18.6 Å². The van der Waals surface area contributed by atoms with Crippen molar-refractivity contribution in [3.05, 3.63) is 65.7 Å². The lowest BCUT2D eigenvalue weighted by molar-refractivity contribution is -0.142. The second kappa shape index (κ2) is 8.44. The molecule has 0 aromatic heterocycles. The van der Waals surface area contributed by atoms with E-state index in [0.29, 0.717) is 0 Å². The summed E-state index contributed by atoms with van der Waals surface area (Å²) in [7, 11) is -2.42. The fourth-order valence-electron chi connectivity index (χ4n) is 3.04. The quantitative estimate of drug-likeness (QED) is 0.710. The number of esters is 1. The van der Waals surface area contributed by atoms with Crippen LogP contribution in [0.1, 0.15) is 22.3 Å². The van der Waals surface area contributed by atoms with E-state index in [-0.39, 0.29) is 29.8 Å². The number of hydrogen-bond donors (Lipinski definition) is 1. The lowest BCUT2D eigenvalue weighted by Gasteiger charge is -2.18. The van der Waals surface area contributed by atoms with Gasteiger partial charge < -0.3 is 10.1 Å². The molecular formula is C20H20N2O6S. The Hall–Kier alpha value is -3.20. The van der Waals surface area contributed by atoms with E-state index < -0.39 is 33.8 Å². The first-order valence-corrected chi connectivity index (χ1v) is 10.5. The lowest BCUT2D eigenvalue weighted by atomic mass is 10.1. The maximum Gasteiger partial charge on any atom is 0.328 e. The van der Waals surface area contributed by atoms with Gasteiger partial charge >= 0.3 is 5.97 Å². The van der Waals surface area contributed by atoms with Crippen LogP contribution in [0.15, 0.2) is 54.6 Å². The first kappa shape index (κ1) is 20.5. The molecule has 3 rings (SSSR count). The van der Waals surface area contributed by atoms with Gasteiger partial charge in [-0.05, 0) is 29.8 Å². The van der Waals surface area contributed by atoms with Gasteiger partial charge in [-0.15, -0.1) is 0 Å². The van der Waals surface area contributed by atoms with Gasteiger partial charge in [-0.25, -0.2) is 17.5 Å². The van der Waals surface area contributed by atoms with Crippen LogP contribution in [0, 0.1) is 0 Å². The molecule has 0 spiro atoms. The topological polar surface area (TPSA) is 110 Å². The van der Waals surface area contributed by atoms with Gasteiger partial charge in [0.1, 0.15) is 6.04 Å². The molecule has 1 aliphatic rings. The molecule has 8 nitrogen and oxygen atoms in total. The van der Waals surface area contributed by atoms with Crippen LogP contribution in [-0.2, 0) is 30.8 Å². The van der Waals surface area contributed by atoms with Crippen LogP contribution in [0.4, 0.5) is 5.69 Å². The number of nitrogens with one attached hydrogen (secondary N) is 1. The molecule has 0 aliphatic carbocycles. The predicted molar refractivity (Wildman–Crippen MR) is 106 cm³/mol. The highest BCUT2D eigenvalue weighted by atomic mass is 32.2. The summed E-state index contributed by atoms with van der Waals surface area (Å²) >= 11 is 0. The molecule has 2 aromatic rings. The standard InChI is InChI=1S/C20H20N2O6S/c1-28-20(25)17(13-14-5-3-2-4-6-14)21-19(24)15-7-9-16(10-8-15)22-18(23)11-12-29(22,26)27/h2-10,17H,11-13H2,1H3,(H,21,24)/t17-/m0/s1. The first-order chi connectivity index (χ1) is 13.8. The van der Waals surface area contributed by atoms with Gasteiger partial charge in [0.15, 0.2) is 0 Å². The third-order valence-electron chi connectivity index (χ3n) is 4.52. The van der Waals surface area contributed by atoms with E-state index in [1.807, 2.05) is 30.3 Å². The maximum atomic E-state index is 12.6. The van der Waals surface area contributed by atoms with Crippen LogP contribution in [0.2, 0.25) is 0 Å². The summed E-state index contributed by atoms with van der Waals surface area (Å²) in [6, 6.07) is 13.9. The van der Waals surface area contributed by atoms with Crippen LogP contribution >= 0.6 is 0 Å². The van der Waals surface area contributed by atoms with Gasteiger partial charge in [0.25, 0.3) is 5.91 Å². The van der Waals surface area contributed by atoms with Crippen molar-refractivity contribution in [2.24, 2.45) is 0 Å². The van der Waals surface area contributed by atoms with Gasteiger partial charge in [-0.1, -0.05) is 30.3 Å². The molecule has 1 N–H and O–H groups in total. The Morgan fingerprint density at radius 2 is 1.76 bits per heavy atom.